The van der Waals surface area contributed by atoms with Crippen molar-refractivity contribution in [1.82, 2.24) is 4.90 Å². The van der Waals surface area contributed by atoms with Crippen molar-refractivity contribution in [3.8, 4) is 0 Å². The molecule has 0 aliphatic rings. The van der Waals surface area contributed by atoms with E-state index in [0.29, 0.717) is 4.34 Å². The summed E-state index contributed by atoms with van der Waals surface area (Å²) < 4.78 is 5.65. The van der Waals surface area contributed by atoms with Gasteiger partial charge in [-0.15, -0.1) is 11.3 Å². The van der Waals surface area contributed by atoms with Gasteiger partial charge in [0.2, 0.25) is 0 Å². The second kappa shape index (κ2) is 7.11. The number of Topliss-reactive ketones (excluding diaryl/α,β-unsaturated/α-hetero) is 1. The van der Waals surface area contributed by atoms with Crippen LogP contribution in [0.25, 0.3) is 0 Å². The van der Waals surface area contributed by atoms with Crippen molar-refractivity contribution in [1.29, 1.82) is 0 Å². The molecule has 0 N–H and O–H groups in total. The van der Waals surface area contributed by atoms with Gasteiger partial charge in [-0.2, -0.15) is 0 Å². The van der Waals surface area contributed by atoms with Gasteiger partial charge in [0.05, 0.1) is 15.3 Å². The highest BCUT2D eigenvalue weighted by Gasteiger charge is 2.20. The number of ether oxygens (including phenoxy) is 1. The Bertz CT molecular complexity index is 367. The highest BCUT2D eigenvalue weighted by atomic mass is 35.5. The molecule has 0 aliphatic carbocycles. The van der Waals surface area contributed by atoms with Gasteiger partial charge >= 0.3 is 0 Å². The summed E-state index contributed by atoms with van der Waals surface area (Å²) in [5.74, 6) is 0.127. The van der Waals surface area contributed by atoms with Crippen LogP contribution in [0, 0.1) is 0 Å². The number of rotatable bonds is 7. The maximum Gasteiger partial charge on any atom is 0.189 e. The van der Waals surface area contributed by atoms with Gasteiger partial charge in [-0.05, 0) is 32.5 Å². The molecule has 17 heavy (non-hydrogen) atoms. The number of thiophene rings is 1. The van der Waals surface area contributed by atoms with E-state index < -0.39 is 0 Å². The monoisotopic (exact) mass is 275 g/mol. The fourth-order valence-electron chi connectivity index (χ4n) is 1.50. The van der Waals surface area contributed by atoms with E-state index in [-0.39, 0.29) is 11.8 Å². The molecule has 1 rings (SSSR count). The standard InChI is InChI=1S/C12H18ClNO2S/c1-9(14(2)7-4-8-16-3)12(15)10-5-6-11(13)17-10/h5-6,9H,4,7-8H2,1-3H3. The van der Waals surface area contributed by atoms with Crippen molar-refractivity contribution >= 4 is 28.7 Å². The first-order valence-electron chi connectivity index (χ1n) is 5.55. The number of ketones is 1. The zero-order chi connectivity index (χ0) is 12.8. The highest BCUT2D eigenvalue weighted by Crippen LogP contribution is 2.23. The van der Waals surface area contributed by atoms with Crippen LogP contribution in [0.4, 0.5) is 0 Å². The third-order valence-corrected chi connectivity index (χ3v) is 3.96. The molecule has 0 spiro atoms. The Balaban J connectivity index is 2.51. The number of hydrogen-bond acceptors (Lipinski definition) is 4. The second-order valence-electron chi connectivity index (χ2n) is 3.97. The Hall–Kier alpha value is -0.420. The number of carbonyl (C=O) groups is 1. The van der Waals surface area contributed by atoms with E-state index in [1.807, 2.05) is 18.9 Å². The molecule has 1 aromatic heterocycles. The average Bonchev–Trinajstić information content (AvgIpc) is 2.74. The first kappa shape index (κ1) is 14.6. The lowest BCUT2D eigenvalue weighted by atomic mass is 10.1. The first-order valence-corrected chi connectivity index (χ1v) is 6.74. The van der Waals surface area contributed by atoms with Crippen molar-refractivity contribution in [2.24, 2.45) is 0 Å². The summed E-state index contributed by atoms with van der Waals surface area (Å²) in [5.41, 5.74) is 0. The highest BCUT2D eigenvalue weighted by molar-refractivity contribution is 7.18. The summed E-state index contributed by atoms with van der Waals surface area (Å²) >= 11 is 7.16. The quantitative estimate of drug-likeness (QED) is 0.566. The van der Waals surface area contributed by atoms with Crippen LogP contribution in [0.15, 0.2) is 12.1 Å². The molecule has 1 atom stereocenters. The van der Waals surface area contributed by atoms with Gasteiger partial charge in [-0.1, -0.05) is 11.6 Å². The Kier molecular flexibility index (Phi) is 6.12. The number of carbonyl (C=O) groups excluding carboxylic acids is 1. The van der Waals surface area contributed by atoms with Crippen LogP contribution in [0.3, 0.4) is 0 Å². The minimum atomic E-state index is -0.124. The van der Waals surface area contributed by atoms with Gasteiger partial charge in [0.25, 0.3) is 0 Å². The maximum absolute atomic E-state index is 12.1. The Morgan fingerprint density at radius 3 is 2.82 bits per heavy atom. The summed E-state index contributed by atoms with van der Waals surface area (Å²) in [6.45, 7) is 3.48. The number of halogens is 1. The summed E-state index contributed by atoms with van der Waals surface area (Å²) in [5, 5.41) is 0. The van der Waals surface area contributed by atoms with Crippen molar-refractivity contribution in [2.45, 2.75) is 19.4 Å². The van der Waals surface area contributed by atoms with Crippen LogP contribution in [-0.4, -0.2) is 44.0 Å². The Morgan fingerprint density at radius 1 is 1.59 bits per heavy atom. The third kappa shape index (κ3) is 4.39. The molecule has 1 heterocycles. The number of methoxy groups -OCH3 is 1. The summed E-state index contributed by atoms with van der Waals surface area (Å²) in [6, 6.07) is 3.42. The van der Waals surface area contributed by atoms with E-state index in [0.717, 1.165) is 24.4 Å². The van der Waals surface area contributed by atoms with Gasteiger partial charge < -0.3 is 4.74 Å². The van der Waals surface area contributed by atoms with E-state index in [9.17, 15) is 4.79 Å². The lowest BCUT2D eigenvalue weighted by Gasteiger charge is -2.22. The molecule has 5 heteroatoms. The predicted molar refractivity (Wildman–Crippen MR) is 72.2 cm³/mol. The predicted octanol–water partition coefficient (Wildman–Crippen LogP) is 2.94. The molecule has 0 fully saturated rings. The van der Waals surface area contributed by atoms with Crippen LogP contribution in [0.2, 0.25) is 4.34 Å². The molecule has 1 aromatic rings. The first-order chi connectivity index (χ1) is 8.06. The molecule has 0 amide bonds. The minimum absolute atomic E-state index is 0.124. The zero-order valence-corrected chi connectivity index (χ0v) is 12.0. The zero-order valence-electron chi connectivity index (χ0n) is 10.4. The van der Waals surface area contributed by atoms with E-state index in [1.165, 1.54) is 11.3 Å². The molecular formula is C12H18ClNO2S. The molecule has 0 saturated heterocycles. The van der Waals surface area contributed by atoms with Gasteiger partial charge in [-0.3, -0.25) is 9.69 Å². The summed E-state index contributed by atoms with van der Waals surface area (Å²) in [7, 11) is 3.63. The Labute approximate surface area is 111 Å². The van der Waals surface area contributed by atoms with E-state index in [4.69, 9.17) is 16.3 Å². The van der Waals surface area contributed by atoms with E-state index in [2.05, 4.69) is 0 Å². The van der Waals surface area contributed by atoms with Crippen molar-refractivity contribution in [2.75, 3.05) is 27.3 Å². The SMILES string of the molecule is COCCCN(C)C(C)C(=O)c1ccc(Cl)s1. The molecule has 96 valence electrons. The lowest BCUT2D eigenvalue weighted by molar-refractivity contribution is 0.0859. The second-order valence-corrected chi connectivity index (χ2v) is 5.69. The Morgan fingerprint density at radius 2 is 2.29 bits per heavy atom. The molecule has 0 aromatic carbocycles. The average molecular weight is 276 g/mol. The van der Waals surface area contributed by atoms with Gasteiger partial charge in [0.1, 0.15) is 0 Å². The number of nitrogens with zero attached hydrogens (tertiary/aromatic N) is 1. The van der Waals surface area contributed by atoms with E-state index in [1.54, 1.807) is 19.2 Å². The normalized spacial score (nSPS) is 13.0. The van der Waals surface area contributed by atoms with Gasteiger partial charge in [0, 0.05) is 20.3 Å². The fraction of sp³-hybridized carbons (Fsp3) is 0.583. The van der Waals surface area contributed by atoms with Crippen LogP contribution in [0.5, 0.6) is 0 Å². The van der Waals surface area contributed by atoms with Crippen molar-refractivity contribution in [3.63, 3.8) is 0 Å². The van der Waals surface area contributed by atoms with Crippen LogP contribution in [0.1, 0.15) is 23.0 Å². The molecule has 1 unspecified atom stereocenters. The summed E-state index contributed by atoms with van der Waals surface area (Å²) in [6.07, 6.45) is 0.926. The number of likely N-dealkylation sites (N-methyl/N-ethyl adjacent to an activating group) is 1. The van der Waals surface area contributed by atoms with Gasteiger partial charge in [-0.25, -0.2) is 0 Å². The molecule has 0 saturated carbocycles. The molecule has 0 aliphatic heterocycles. The van der Waals surface area contributed by atoms with Crippen LogP contribution in [-0.2, 0) is 4.74 Å². The van der Waals surface area contributed by atoms with Crippen LogP contribution >= 0.6 is 22.9 Å². The van der Waals surface area contributed by atoms with Crippen molar-refractivity contribution in [3.05, 3.63) is 21.3 Å². The number of hydrogen-bond donors (Lipinski definition) is 0. The fourth-order valence-corrected chi connectivity index (χ4v) is 2.57. The van der Waals surface area contributed by atoms with Gasteiger partial charge in [0.15, 0.2) is 5.78 Å². The summed E-state index contributed by atoms with van der Waals surface area (Å²) in [4.78, 5) is 14.9. The molecular weight excluding hydrogens is 258 g/mol. The smallest absolute Gasteiger partial charge is 0.189 e. The lowest BCUT2D eigenvalue weighted by Crippen LogP contribution is -2.36. The molecule has 3 nitrogen and oxygen atoms in total. The molecule has 0 radical (unpaired) electrons. The maximum atomic E-state index is 12.1. The molecule has 0 bridgehead atoms. The largest absolute Gasteiger partial charge is 0.385 e. The van der Waals surface area contributed by atoms with Crippen LogP contribution < -0.4 is 0 Å². The van der Waals surface area contributed by atoms with E-state index >= 15 is 0 Å². The topological polar surface area (TPSA) is 29.5 Å². The minimum Gasteiger partial charge on any atom is -0.385 e. The third-order valence-electron chi connectivity index (χ3n) is 2.72. The van der Waals surface area contributed by atoms with Crippen molar-refractivity contribution < 1.29 is 9.53 Å².